The lowest BCUT2D eigenvalue weighted by atomic mass is 10.1. The van der Waals surface area contributed by atoms with Gasteiger partial charge in [-0.1, -0.05) is 0 Å². The molecule has 0 aliphatic heterocycles. The van der Waals surface area contributed by atoms with Gasteiger partial charge in [0.2, 0.25) is 0 Å². The zero-order valence-corrected chi connectivity index (χ0v) is 12.0. The molecule has 0 saturated heterocycles. The van der Waals surface area contributed by atoms with Crippen molar-refractivity contribution in [1.29, 1.82) is 0 Å². The number of amides is 1. The van der Waals surface area contributed by atoms with Gasteiger partial charge in [-0.05, 0) is 43.3 Å². The van der Waals surface area contributed by atoms with Gasteiger partial charge in [-0.15, -0.1) is 11.3 Å². The van der Waals surface area contributed by atoms with Gasteiger partial charge < -0.3 is 11.1 Å². The van der Waals surface area contributed by atoms with Crippen molar-refractivity contribution in [3.8, 4) is 0 Å². The molecule has 1 heterocycles. The molecule has 1 aromatic heterocycles. The van der Waals surface area contributed by atoms with E-state index in [1.54, 1.807) is 17.4 Å². The lowest BCUT2D eigenvalue weighted by Gasteiger charge is -2.06. The first-order valence-electron chi connectivity index (χ1n) is 6.26. The van der Waals surface area contributed by atoms with E-state index in [2.05, 4.69) is 10.3 Å². The van der Waals surface area contributed by atoms with Crippen LogP contribution in [0.3, 0.4) is 0 Å². The Hall–Kier alpha value is -2.47. The largest absolute Gasteiger partial charge is 0.399 e. The number of nitrogens with two attached hydrogens (primary N) is 1. The Bertz CT molecular complexity index is 844. The first-order valence-corrected chi connectivity index (χ1v) is 7.08. The van der Waals surface area contributed by atoms with Crippen LogP contribution in [0.1, 0.15) is 15.4 Å². The van der Waals surface area contributed by atoms with Crippen LogP contribution in [0.15, 0.2) is 36.4 Å². The summed E-state index contributed by atoms with van der Waals surface area (Å²) in [6.45, 7) is 1.92. The van der Waals surface area contributed by atoms with E-state index in [0.717, 1.165) is 21.3 Å². The van der Waals surface area contributed by atoms with Gasteiger partial charge in [0.25, 0.3) is 5.91 Å². The molecular weight excluding hydrogens is 289 g/mol. The van der Waals surface area contributed by atoms with E-state index in [4.69, 9.17) is 5.73 Å². The summed E-state index contributed by atoms with van der Waals surface area (Å²) < 4.78 is 14.7. The van der Waals surface area contributed by atoms with Crippen molar-refractivity contribution in [2.75, 3.05) is 11.1 Å². The number of nitrogens with one attached hydrogen (secondary N) is 1. The second-order valence-electron chi connectivity index (χ2n) is 4.61. The number of fused-ring (bicyclic) bond motifs is 1. The molecule has 1 amide bonds. The van der Waals surface area contributed by atoms with E-state index in [1.165, 1.54) is 12.1 Å². The molecule has 6 heteroatoms. The van der Waals surface area contributed by atoms with Crippen molar-refractivity contribution in [1.82, 2.24) is 4.98 Å². The van der Waals surface area contributed by atoms with E-state index < -0.39 is 11.7 Å². The highest BCUT2D eigenvalue weighted by Gasteiger charge is 2.12. The van der Waals surface area contributed by atoms with Crippen molar-refractivity contribution in [2.45, 2.75) is 6.92 Å². The molecule has 106 valence electrons. The highest BCUT2D eigenvalue weighted by molar-refractivity contribution is 7.18. The number of aromatic nitrogens is 1. The average molecular weight is 301 g/mol. The first-order chi connectivity index (χ1) is 10.0. The van der Waals surface area contributed by atoms with Crippen molar-refractivity contribution in [3.05, 3.63) is 52.8 Å². The van der Waals surface area contributed by atoms with Gasteiger partial charge in [-0.2, -0.15) is 0 Å². The molecule has 0 radical (unpaired) electrons. The number of rotatable bonds is 2. The molecule has 3 N–H and O–H groups in total. The van der Waals surface area contributed by atoms with E-state index >= 15 is 0 Å². The summed E-state index contributed by atoms with van der Waals surface area (Å²) in [5, 5.41) is 3.64. The molecule has 0 saturated carbocycles. The maximum atomic E-state index is 13.7. The van der Waals surface area contributed by atoms with Gasteiger partial charge in [0, 0.05) is 11.4 Å². The Morgan fingerprint density at radius 3 is 2.86 bits per heavy atom. The summed E-state index contributed by atoms with van der Waals surface area (Å²) in [5.41, 5.74) is 7.20. The zero-order chi connectivity index (χ0) is 15.0. The number of anilines is 2. The molecular formula is C15H12FN3OS. The van der Waals surface area contributed by atoms with Crippen LogP contribution in [-0.2, 0) is 0 Å². The van der Waals surface area contributed by atoms with Crippen molar-refractivity contribution >= 4 is 38.8 Å². The number of hydrogen-bond acceptors (Lipinski definition) is 4. The molecule has 0 spiro atoms. The minimum atomic E-state index is -0.637. The summed E-state index contributed by atoms with van der Waals surface area (Å²) in [4.78, 5) is 16.4. The Labute approximate surface area is 124 Å². The van der Waals surface area contributed by atoms with Gasteiger partial charge >= 0.3 is 0 Å². The van der Waals surface area contributed by atoms with Gasteiger partial charge in [0.05, 0.1) is 20.8 Å². The van der Waals surface area contributed by atoms with Crippen LogP contribution in [-0.4, -0.2) is 10.9 Å². The Morgan fingerprint density at radius 1 is 1.29 bits per heavy atom. The topological polar surface area (TPSA) is 68.0 Å². The Balaban J connectivity index is 1.88. The van der Waals surface area contributed by atoms with Gasteiger partial charge in [-0.3, -0.25) is 4.79 Å². The number of carbonyl (C=O) groups excluding carboxylic acids is 1. The number of nitrogens with zero attached hydrogens (tertiary/aromatic N) is 1. The Kier molecular flexibility index (Phi) is 3.31. The molecule has 2 aromatic carbocycles. The fourth-order valence-electron chi connectivity index (χ4n) is 2.03. The number of aryl methyl sites for hydroxylation is 1. The third-order valence-electron chi connectivity index (χ3n) is 2.99. The molecule has 4 nitrogen and oxygen atoms in total. The van der Waals surface area contributed by atoms with Crippen LogP contribution in [0.4, 0.5) is 15.8 Å². The highest BCUT2D eigenvalue weighted by atomic mass is 32.1. The van der Waals surface area contributed by atoms with Crippen LogP contribution in [0.2, 0.25) is 0 Å². The van der Waals surface area contributed by atoms with E-state index in [9.17, 15) is 9.18 Å². The Morgan fingerprint density at radius 2 is 2.10 bits per heavy atom. The highest BCUT2D eigenvalue weighted by Crippen LogP contribution is 2.25. The number of nitrogen functional groups attached to an aromatic ring is 1. The van der Waals surface area contributed by atoms with Crippen molar-refractivity contribution in [2.24, 2.45) is 0 Å². The van der Waals surface area contributed by atoms with Gasteiger partial charge in [0.1, 0.15) is 5.82 Å². The quantitative estimate of drug-likeness (QED) is 0.711. The fraction of sp³-hybridized carbons (Fsp3) is 0.0667. The lowest BCUT2D eigenvalue weighted by Crippen LogP contribution is -2.13. The molecule has 0 fully saturated rings. The molecule has 3 rings (SSSR count). The zero-order valence-electron chi connectivity index (χ0n) is 11.2. The van der Waals surface area contributed by atoms with Crippen LogP contribution >= 0.6 is 11.3 Å². The third-order valence-corrected chi connectivity index (χ3v) is 3.92. The van der Waals surface area contributed by atoms with Crippen LogP contribution in [0.5, 0.6) is 0 Å². The molecule has 3 aromatic rings. The van der Waals surface area contributed by atoms with Crippen LogP contribution < -0.4 is 11.1 Å². The predicted octanol–water partition coefficient (Wildman–Crippen LogP) is 3.58. The smallest absolute Gasteiger partial charge is 0.258 e. The van der Waals surface area contributed by atoms with Gasteiger partial charge in [0.15, 0.2) is 0 Å². The molecule has 0 aliphatic carbocycles. The first kappa shape index (κ1) is 13.5. The van der Waals surface area contributed by atoms with Crippen molar-refractivity contribution < 1.29 is 9.18 Å². The second kappa shape index (κ2) is 5.14. The average Bonchev–Trinajstić information content (AvgIpc) is 2.77. The lowest BCUT2D eigenvalue weighted by molar-refractivity contribution is 0.102. The van der Waals surface area contributed by atoms with Crippen LogP contribution in [0, 0.1) is 12.7 Å². The SMILES string of the molecule is Cc1nc2ccc(NC(=O)c3ccc(N)cc3F)cc2s1. The monoisotopic (exact) mass is 301 g/mol. The summed E-state index contributed by atoms with van der Waals surface area (Å²) in [7, 11) is 0. The maximum Gasteiger partial charge on any atom is 0.258 e. The summed E-state index contributed by atoms with van der Waals surface area (Å²) in [6, 6.07) is 9.39. The van der Waals surface area contributed by atoms with E-state index in [1.807, 2.05) is 19.1 Å². The number of thiazole rings is 1. The summed E-state index contributed by atoms with van der Waals surface area (Å²) in [5.74, 6) is -1.14. The number of carbonyl (C=O) groups is 1. The van der Waals surface area contributed by atoms with E-state index in [0.29, 0.717) is 5.69 Å². The standard InChI is InChI=1S/C15H12FN3OS/c1-8-18-13-5-3-10(7-14(13)21-8)19-15(20)11-4-2-9(17)6-12(11)16/h2-7H,17H2,1H3,(H,19,20). The van der Waals surface area contributed by atoms with Crippen LogP contribution in [0.25, 0.3) is 10.2 Å². The summed E-state index contributed by atoms with van der Waals surface area (Å²) in [6.07, 6.45) is 0. The minimum absolute atomic E-state index is 0.0372. The fourth-order valence-corrected chi connectivity index (χ4v) is 2.90. The molecule has 21 heavy (non-hydrogen) atoms. The number of benzene rings is 2. The third kappa shape index (κ3) is 2.71. The predicted molar refractivity (Wildman–Crippen MR) is 83.1 cm³/mol. The second-order valence-corrected chi connectivity index (χ2v) is 5.84. The summed E-state index contributed by atoms with van der Waals surface area (Å²) >= 11 is 1.54. The maximum absolute atomic E-state index is 13.7. The van der Waals surface area contributed by atoms with E-state index in [-0.39, 0.29) is 11.3 Å². The number of halogens is 1. The normalized spacial score (nSPS) is 10.8. The molecule has 0 bridgehead atoms. The molecule has 0 unspecified atom stereocenters. The molecule has 0 atom stereocenters. The number of hydrogen-bond donors (Lipinski definition) is 2. The van der Waals surface area contributed by atoms with Crippen molar-refractivity contribution in [3.63, 3.8) is 0 Å². The minimum Gasteiger partial charge on any atom is -0.399 e. The molecule has 0 aliphatic rings. The van der Waals surface area contributed by atoms with Gasteiger partial charge in [-0.25, -0.2) is 9.37 Å².